The van der Waals surface area contributed by atoms with Gasteiger partial charge in [0.1, 0.15) is 6.04 Å². The van der Waals surface area contributed by atoms with Crippen LogP contribution in [0, 0.1) is 0 Å². The van der Waals surface area contributed by atoms with Gasteiger partial charge in [-0.25, -0.2) is 0 Å². The van der Waals surface area contributed by atoms with Crippen molar-refractivity contribution < 1.29 is 9.59 Å². The van der Waals surface area contributed by atoms with E-state index in [1.54, 1.807) is 28.8 Å². The lowest BCUT2D eigenvalue weighted by Gasteiger charge is -2.27. The van der Waals surface area contributed by atoms with Crippen LogP contribution in [0.25, 0.3) is 0 Å². The van der Waals surface area contributed by atoms with E-state index in [0.29, 0.717) is 29.7 Å². The largest absolute Gasteiger partial charge is 0.316 e. The zero-order valence-electron chi connectivity index (χ0n) is 14.1. The Bertz CT molecular complexity index is 808. The summed E-state index contributed by atoms with van der Waals surface area (Å²) in [5, 5.41) is 0. The Morgan fingerprint density at radius 3 is 2.56 bits per heavy atom. The summed E-state index contributed by atoms with van der Waals surface area (Å²) in [6.45, 7) is 2.83. The topological polar surface area (TPSA) is 40.6 Å². The van der Waals surface area contributed by atoms with Gasteiger partial charge in [0.25, 0.3) is 11.8 Å². The average molecular weight is 352 g/mol. The maximum absolute atomic E-state index is 13.2. The summed E-state index contributed by atoms with van der Waals surface area (Å²) in [6, 6.07) is 16.9. The molecule has 0 bridgehead atoms. The Kier molecular flexibility index (Phi) is 4.25. The standard InChI is InChI=1S/C20H20N2O2S/c1-14-11-21(17-10-6-5-9-16(14)17)20(24)18-12-25-13-22(18)19(23)15-7-3-2-4-8-15/h2-10,14,18H,11-13H2,1H3/t14?,18-/m0/s1. The SMILES string of the molecule is CC1CN(C(=O)[C@@H]2CSCN2C(=O)c2ccccc2)c2ccccc21. The Balaban J connectivity index is 1.59. The first kappa shape index (κ1) is 16.2. The smallest absolute Gasteiger partial charge is 0.255 e. The first-order chi connectivity index (χ1) is 12.2. The van der Waals surface area contributed by atoms with Crippen LogP contribution in [0.15, 0.2) is 54.6 Å². The minimum Gasteiger partial charge on any atom is -0.316 e. The Labute approximate surface area is 151 Å². The van der Waals surface area contributed by atoms with Crippen molar-refractivity contribution in [2.75, 3.05) is 23.1 Å². The van der Waals surface area contributed by atoms with E-state index in [1.807, 2.05) is 41.3 Å². The lowest BCUT2D eigenvalue weighted by atomic mass is 10.0. The second-order valence-corrected chi connectivity index (χ2v) is 7.57. The Hall–Kier alpha value is -2.27. The molecule has 4 rings (SSSR count). The third kappa shape index (κ3) is 2.82. The lowest BCUT2D eigenvalue weighted by molar-refractivity contribution is -0.121. The first-order valence-electron chi connectivity index (χ1n) is 8.51. The second-order valence-electron chi connectivity index (χ2n) is 6.57. The van der Waals surface area contributed by atoms with E-state index in [0.717, 1.165) is 5.69 Å². The molecule has 2 aromatic carbocycles. The van der Waals surface area contributed by atoms with Crippen LogP contribution in [0.5, 0.6) is 0 Å². The highest BCUT2D eigenvalue weighted by Gasteiger charge is 2.40. The zero-order valence-corrected chi connectivity index (χ0v) is 14.9. The van der Waals surface area contributed by atoms with Gasteiger partial charge in [-0.2, -0.15) is 0 Å². The third-order valence-corrected chi connectivity index (χ3v) is 5.94. The van der Waals surface area contributed by atoms with Crippen molar-refractivity contribution in [3.05, 3.63) is 65.7 Å². The summed E-state index contributed by atoms with van der Waals surface area (Å²) in [7, 11) is 0. The van der Waals surface area contributed by atoms with Gasteiger partial charge in [-0.15, -0.1) is 11.8 Å². The highest BCUT2D eigenvalue weighted by atomic mass is 32.2. The minimum absolute atomic E-state index is 0.0334. The van der Waals surface area contributed by atoms with Gasteiger partial charge in [-0.1, -0.05) is 43.3 Å². The van der Waals surface area contributed by atoms with Crippen molar-refractivity contribution in [1.82, 2.24) is 4.90 Å². The fourth-order valence-corrected chi connectivity index (χ4v) is 4.75. The predicted molar refractivity (Wildman–Crippen MR) is 101 cm³/mol. The summed E-state index contributed by atoms with van der Waals surface area (Å²) < 4.78 is 0. The molecular formula is C20H20N2O2S. The number of hydrogen-bond donors (Lipinski definition) is 0. The van der Waals surface area contributed by atoms with E-state index in [-0.39, 0.29) is 11.8 Å². The number of carbonyl (C=O) groups excluding carboxylic acids is 2. The van der Waals surface area contributed by atoms with Gasteiger partial charge in [0.15, 0.2) is 0 Å². The van der Waals surface area contributed by atoms with Crippen LogP contribution in [0.2, 0.25) is 0 Å². The molecule has 0 saturated carbocycles. The number of fused-ring (bicyclic) bond motifs is 1. The predicted octanol–water partition coefficient (Wildman–Crippen LogP) is 3.35. The molecule has 0 aliphatic carbocycles. The highest BCUT2D eigenvalue weighted by Crippen LogP contribution is 2.37. The minimum atomic E-state index is -0.393. The number of para-hydroxylation sites is 1. The third-order valence-electron chi connectivity index (χ3n) is 4.93. The lowest BCUT2D eigenvalue weighted by Crippen LogP contribution is -2.48. The second kappa shape index (κ2) is 6.56. The summed E-state index contributed by atoms with van der Waals surface area (Å²) >= 11 is 1.64. The highest BCUT2D eigenvalue weighted by molar-refractivity contribution is 7.99. The van der Waals surface area contributed by atoms with Crippen LogP contribution in [-0.2, 0) is 4.79 Å². The molecule has 2 aromatic rings. The van der Waals surface area contributed by atoms with Crippen LogP contribution < -0.4 is 4.90 Å². The van der Waals surface area contributed by atoms with Crippen molar-refractivity contribution in [3.8, 4) is 0 Å². The Morgan fingerprint density at radius 2 is 1.76 bits per heavy atom. The van der Waals surface area contributed by atoms with Gasteiger partial charge in [0.2, 0.25) is 0 Å². The van der Waals surface area contributed by atoms with Crippen molar-refractivity contribution in [1.29, 1.82) is 0 Å². The quantitative estimate of drug-likeness (QED) is 0.832. The zero-order chi connectivity index (χ0) is 17.4. The molecule has 2 atom stereocenters. The number of thioether (sulfide) groups is 1. The van der Waals surface area contributed by atoms with Gasteiger partial charge >= 0.3 is 0 Å². The van der Waals surface area contributed by atoms with Gasteiger partial charge in [0, 0.05) is 29.5 Å². The monoisotopic (exact) mass is 352 g/mol. The number of anilines is 1. The van der Waals surface area contributed by atoms with Crippen molar-refractivity contribution in [2.45, 2.75) is 18.9 Å². The van der Waals surface area contributed by atoms with Gasteiger partial charge in [-0.3, -0.25) is 9.59 Å². The summed E-state index contributed by atoms with van der Waals surface area (Å²) in [5.74, 6) is 1.52. The molecule has 5 heteroatoms. The molecular weight excluding hydrogens is 332 g/mol. The van der Waals surface area contributed by atoms with E-state index < -0.39 is 6.04 Å². The molecule has 1 unspecified atom stereocenters. The summed E-state index contributed by atoms with van der Waals surface area (Å²) in [4.78, 5) is 29.6. The van der Waals surface area contributed by atoms with E-state index >= 15 is 0 Å². The number of amides is 2. The maximum atomic E-state index is 13.2. The van der Waals surface area contributed by atoms with E-state index in [2.05, 4.69) is 13.0 Å². The number of rotatable bonds is 2. The molecule has 4 nitrogen and oxygen atoms in total. The molecule has 0 N–H and O–H groups in total. The summed E-state index contributed by atoms with van der Waals surface area (Å²) in [6.07, 6.45) is 0. The van der Waals surface area contributed by atoms with Crippen LogP contribution in [0.4, 0.5) is 5.69 Å². The molecule has 2 amide bonds. The van der Waals surface area contributed by atoms with Crippen molar-refractivity contribution in [2.24, 2.45) is 0 Å². The van der Waals surface area contributed by atoms with E-state index in [4.69, 9.17) is 0 Å². The Morgan fingerprint density at radius 1 is 1.04 bits per heavy atom. The van der Waals surface area contributed by atoms with Crippen LogP contribution >= 0.6 is 11.8 Å². The molecule has 2 heterocycles. The fraction of sp³-hybridized carbons (Fsp3) is 0.300. The number of nitrogens with zero attached hydrogens (tertiary/aromatic N) is 2. The van der Waals surface area contributed by atoms with E-state index in [1.165, 1.54) is 5.56 Å². The molecule has 1 fully saturated rings. The molecule has 0 aromatic heterocycles. The number of hydrogen-bond acceptors (Lipinski definition) is 3. The average Bonchev–Trinajstić information content (AvgIpc) is 3.27. The van der Waals surface area contributed by atoms with Crippen molar-refractivity contribution >= 4 is 29.3 Å². The molecule has 0 radical (unpaired) electrons. The fourth-order valence-electron chi connectivity index (χ4n) is 3.60. The normalized spacial score (nSPS) is 22.1. The molecule has 2 aliphatic rings. The molecule has 1 saturated heterocycles. The van der Waals surface area contributed by atoms with Crippen LogP contribution in [-0.4, -0.2) is 40.9 Å². The van der Waals surface area contributed by atoms with Gasteiger partial charge in [-0.05, 0) is 23.8 Å². The first-order valence-corrected chi connectivity index (χ1v) is 9.66. The van der Waals surface area contributed by atoms with Gasteiger partial charge in [0.05, 0.1) is 5.88 Å². The molecule has 25 heavy (non-hydrogen) atoms. The van der Waals surface area contributed by atoms with E-state index in [9.17, 15) is 9.59 Å². The number of benzene rings is 2. The van der Waals surface area contributed by atoms with Crippen LogP contribution in [0.1, 0.15) is 28.8 Å². The maximum Gasteiger partial charge on any atom is 0.255 e. The molecule has 0 spiro atoms. The molecule has 128 valence electrons. The van der Waals surface area contributed by atoms with Crippen LogP contribution in [0.3, 0.4) is 0 Å². The molecule has 2 aliphatic heterocycles. The summed E-state index contributed by atoms with van der Waals surface area (Å²) in [5.41, 5.74) is 2.84. The van der Waals surface area contributed by atoms with Crippen molar-refractivity contribution in [3.63, 3.8) is 0 Å². The van der Waals surface area contributed by atoms with Gasteiger partial charge < -0.3 is 9.80 Å². The number of carbonyl (C=O) groups is 2.